The lowest BCUT2D eigenvalue weighted by molar-refractivity contribution is 0.516. The lowest BCUT2D eigenvalue weighted by Gasteiger charge is -2.18. The van der Waals surface area contributed by atoms with E-state index in [2.05, 4.69) is 33.7 Å². The minimum absolute atomic E-state index is 0.150. The Hall–Kier alpha value is -1.46. The van der Waals surface area contributed by atoms with E-state index in [0.717, 1.165) is 34.9 Å². The molecule has 0 bridgehead atoms. The molecule has 1 unspecified atom stereocenters. The zero-order chi connectivity index (χ0) is 14.5. The Labute approximate surface area is 124 Å². The molecule has 2 rings (SSSR count). The normalized spacial score (nSPS) is 12.6. The lowest BCUT2D eigenvalue weighted by atomic mass is 10.0. The van der Waals surface area contributed by atoms with Crippen LogP contribution in [0, 0.1) is 6.92 Å². The third-order valence-electron chi connectivity index (χ3n) is 3.04. The maximum absolute atomic E-state index is 6.16. The molecule has 0 fully saturated rings. The molecule has 0 aliphatic carbocycles. The van der Waals surface area contributed by atoms with Crippen molar-refractivity contribution in [3.63, 3.8) is 0 Å². The second-order valence-electron chi connectivity index (χ2n) is 4.97. The van der Waals surface area contributed by atoms with Gasteiger partial charge in [0.1, 0.15) is 0 Å². The summed E-state index contributed by atoms with van der Waals surface area (Å²) in [6.07, 6.45) is 1.78. The molecule has 108 valence electrons. The summed E-state index contributed by atoms with van der Waals surface area (Å²) >= 11 is 6.16. The molecule has 0 saturated heterocycles. The van der Waals surface area contributed by atoms with Crippen LogP contribution in [0.2, 0.25) is 5.02 Å². The molecule has 0 radical (unpaired) electrons. The molecule has 1 aromatic carbocycles. The Morgan fingerprint density at radius 2 is 2.15 bits per heavy atom. The minimum Gasteiger partial charge on any atom is -0.310 e. The van der Waals surface area contributed by atoms with E-state index in [1.165, 1.54) is 4.80 Å². The van der Waals surface area contributed by atoms with E-state index in [0.29, 0.717) is 6.42 Å². The number of aromatic nitrogens is 4. The molecule has 1 N–H and O–H groups in total. The van der Waals surface area contributed by atoms with E-state index in [9.17, 15) is 0 Å². The first-order chi connectivity index (χ1) is 9.58. The highest BCUT2D eigenvalue weighted by Crippen LogP contribution is 2.22. The van der Waals surface area contributed by atoms with Crippen LogP contribution in [0.25, 0.3) is 0 Å². The predicted molar refractivity (Wildman–Crippen MR) is 79.7 cm³/mol. The molecule has 0 aliphatic rings. The molecular weight excluding hydrogens is 274 g/mol. The van der Waals surface area contributed by atoms with Gasteiger partial charge in [-0.3, -0.25) is 0 Å². The van der Waals surface area contributed by atoms with Crippen LogP contribution in [0.15, 0.2) is 18.2 Å². The second-order valence-corrected chi connectivity index (χ2v) is 5.40. The fourth-order valence-corrected chi connectivity index (χ4v) is 2.48. The maximum atomic E-state index is 6.16. The summed E-state index contributed by atoms with van der Waals surface area (Å²) in [6.45, 7) is 5.14. The second kappa shape index (κ2) is 6.81. The molecule has 1 aromatic heterocycles. The van der Waals surface area contributed by atoms with Crippen molar-refractivity contribution < 1.29 is 0 Å². The van der Waals surface area contributed by atoms with Crippen molar-refractivity contribution in [2.24, 2.45) is 7.05 Å². The van der Waals surface area contributed by atoms with Gasteiger partial charge in [0.15, 0.2) is 5.82 Å². The van der Waals surface area contributed by atoms with Gasteiger partial charge in [0.05, 0.1) is 7.05 Å². The predicted octanol–water partition coefficient (Wildman–Crippen LogP) is 2.46. The van der Waals surface area contributed by atoms with E-state index in [4.69, 9.17) is 11.6 Å². The average molecular weight is 294 g/mol. The van der Waals surface area contributed by atoms with Crippen LogP contribution in [0.4, 0.5) is 0 Å². The van der Waals surface area contributed by atoms with E-state index < -0.39 is 0 Å². The van der Waals surface area contributed by atoms with Crippen LogP contribution in [0.3, 0.4) is 0 Å². The zero-order valence-corrected chi connectivity index (χ0v) is 12.9. The smallest absolute Gasteiger partial charge is 0.176 e. The number of nitrogens with zero attached hydrogens (tertiary/aromatic N) is 4. The van der Waals surface area contributed by atoms with Gasteiger partial charge in [-0.05, 0) is 48.4 Å². The molecule has 0 amide bonds. The number of nitrogens with one attached hydrogen (secondary N) is 1. The van der Waals surface area contributed by atoms with Crippen molar-refractivity contribution in [2.45, 2.75) is 32.7 Å². The van der Waals surface area contributed by atoms with Gasteiger partial charge in [0.25, 0.3) is 0 Å². The summed E-state index contributed by atoms with van der Waals surface area (Å²) in [7, 11) is 1.77. The van der Waals surface area contributed by atoms with Crippen molar-refractivity contribution in [2.75, 3.05) is 6.54 Å². The Balaban J connectivity index is 2.21. The molecule has 20 heavy (non-hydrogen) atoms. The summed E-state index contributed by atoms with van der Waals surface area (Å²) in [5.74, 6) is 0.735. The van der Waals surface area contributed by atoms with Crippen LogP contribution < -0.4 is 5.32 Å². The quantitative estimate of drug-likeness (QED) is 0.889. The van der Waals surface area contributed by atoms with Crippen LogP contribution in [0.5, 0.6) is 0 Å². The highest BCUT2D eigenvalue weighted by atomic mass is 35.5. The van der Waals surface area contributed by atoms with Crippen molar-refractivity contribution in [1.29, 1.82) is 0 Å². The van der Waals surface area contributed by atoms with Gasteiger partial charge in [0.2, 0.25) is 0 Å². The molecule has 5 nitrogen and oxygen atoms in total. The van der Waals surface area contributed by atoms with Crippen molar-refractivity contribution in [1.82, 2.24) is 25.5 Å². The highest BCUT2D eigenvalue weighted by Gasteiger charge is 2.15. The number of hydrogen-bond donors (Lipinski definition) is 1. The molecule has 0 saturated carbocycles. The summed E-state index contributed by atoms with van der Waals surface area (Å²) in [6, 6.07) is 6.26. The number of benzene rings is 1. The van der Waals surface area contributed by atoms with Crippen LogP contribution in [-0.4, -0.2) is 26.8 Å². The van der Waals surface area contributed by atoms with Gasteiger partial charge in [0, 0.05) is 17.5 Å². The number of tetrazole rings is 1. The van der Waals surface area contributed by atoms with E-state index in [1.54, 1.807) is 7.05 Å². The first-order valence-electron chi connectivity index (χ1n) is 6.82. The van der Waals surface area contributed by atoms with Gasteiger partial charge in [-0.2, -0.15) is 4.80 Å². The lowest BCUT2D eigenvalue weighted by Crippen LogP contribution is -2.24. The zero-order valence-electron chi connectivity index (χ0n) is 12.1. The fraction of sp³-hybridized carbons (Fsp3) is 0.500. The highest BCUT2D eigenvalue weighted by molar-refractivity contribution is 6.30. The molecule has 1 atom stereocenters. The Morgan fingerprint density at radius 3 is 2.75 bits per heavy atom. The SMILES string of the molecule is CCCNC(Cc1nnn(C)n1)c1cc(C)cc(Cl)c1. The minimum atomic E-state index is 0.150. The van der Waals surface area contributed by atoms with Crippen molar-refractivity contribution >= 4 is 11.6 Å². The van der Waals surface area contributed by atoms with Crippen molar-refractivity contribution in [3.05, 3.63) is 40.2 Å². The molecule has 6 heteroatoms. The maximum Gasteiger partial charge on any atom is 0.176 e. The van der Waals surface area contributed by atoms with Gasteiger partial charge in [-0.1, -0.05) is 24.6 Å². The molecule has 0 aliphatic heterocycles. The topological polar surface area (TPSA) is 55.6 Å². The Bertz CT molecular complexity index is 546. The van der Waals surface area contributed by atoms with Crippen LogP contribution in [-0.2, 0) is 13.5 Å². The van der Waals surface area contributed by atoms with Gasteiger partial charge in [-0.25, -0.2) is 0 Å². The Kier molecular flexibility index (Phi) is 5.09. The third kappa shape index (κ3) is 4.02. The van der Waals surface area contributed by atoms with Gasteiger partial charge >= 0.3 is 0 Å². The fourth-order valence-electron chi connectivity index (χ4n) is 2.18. The first-order valence-corrected chi connectivity index (χ1v) is 7.19. The summed E-state index contributed by atoms with van der Waals surface area (Å²) in [5, 5.41) is 16.5. The molecule has 2 aromatic rings. The number of halogens is 1. The number of hydrogen-bond acceptors (Lipinski definition) is 4. The van der Waals surface area contributed by atoms with Gasteiger partial charge in [-0.15, -0.1) is 10.2 Å². The molecule has 1 heterocycles. The summed E-state index contributed by atoms with van der Waals surface area (Å²) in [5.41, 5.74) is 2.32. The van der Waals surface area contributed by atoms with Crippen molar-refractivity contribution in [3.8, 4) is 0 Å². The summed E-state index contributed by atoms with van der Waals surface area (Å²) < 4.78 is 0. The molecule has 0 spiro atoms. The van der Waals surface area contributed by atoms with Gasteiger partial charge < -0.3 is 5.32 Å². The average Bonchev–Trinajstić information content (AvgIpc) is 2.79. The van der Waals surface area contributed by atoms with E-state index >= 15 is 0 Å². The number of aryl methyl sites for hydroxylation is 2. The molecular formula is C14H20ClN5. The monoisotopic (exact) mass is 293 g/mol. The summed E-state index contributed by atoms with van der Waals surface area (Å²) in [4.78, 5) is 1.48. The Morgan fingerprint density at radius 1 is 1.35 bits per heavy atom. The third-order valence-corrected chi connectivity index (χ3v) is 3.26. The standard InChI is InChI=1S/C14H20ClN5/c1-4-5-16-13(9-14-17-19-20(3)18-14)11-6-10(2)7-12(15)8-11/h6-8,13,16H,4-5,9H2,1-3H3. The van der Waals surface area contributed by atoms with Crippen LogP contribution in [0.1, 0.15) is 36.3 Å². The number of rotatable bonds is 6. The first kappa shape index (κ1) is 14.9. The largest absolute Gasteiger partial charge is 0.310 e. The van der Waals surface area contributed by atoms with E-state index in [-0.39, 0.29) is 6.04 Å². The van der Waals surface area contributed by atoms with Crippen LogP contribution >= 0.6 is 11.6 Å². The van der Waals surface area contributed by atoms with E-state index in [1.807, 2.05) is 19.1 Å².